The Bertz CT molecular complexity index is 451. The minimum absolute atomic E-state index is 0.0219. The fraction of sp³-hybridized carbons (Fsp3) is 0.308. The molecule has 0 aliphatic heterocycles. The Morgan fingerprint density at radius 3 is 2.28 bits per heavy atom. The quantitative estimate of drug-likeness (QED) is 0.780. The van der Waals surface area contributed by atoms with Crippen molar-refractivity contribution >= 4 is 17.7 Å². The number of hydrogen-bond donors (Lipinski definition) is 1. The third-order valence-electron chi connectivity index (χ3n) is 2.31. The van der Waals surface area contributed by atoms with Crippen LogP contribution in [0.25, 0.3) is 0 Å². The number of nitrogens with one attached hydrogen (secondary N) is 1. The van der Waals surface area contributed by atoms with Crippen LogP contribution < -0.4 is 5.32 Å². The number of methoxy groups -OCH3 is 1. The molecule has 0 saturated carbocycles. The van der Waals surface area contributed by atoms with E-state index in [-0.39, 0.29) is 24.7 Å². The van der Waals surface area contributed by atoms with Gasteiger partial charge >= 0.3 is 5.97 Å². The lowest BCUT2D eigenvalue weighted by Gasteiger charge is -2.03. The summed E-state index contributed by atoms with van der Waals surface area (Å²) in [4.78, 5) is 33.3. The van der Waals surface area contributed by atoms with E-state index in [0.717, 1.165) is 5.56 Å². The van der Waals surface area contributed by atoms with Gasteiger partial charge in [0.05, 0.1) is 19.2 Å². The number of amides is 1. The van der Waals surface area contributed by atoms with Crippen LogP contribution in [-0.2, 0) is 20.7 Å². The van der Waals surface area contributed by atoms with Gasteiger partial charge in [-0.25, -0.2) is 4.79 Å². The first kappa shape index (κ1) is 13.9. The minimum Gasteiger partial charge on any atom is -0.465 e. The summed E-state index contributed by atoms with van der Waals surface area (Å²) < 4.78 is 4.57. The van der Waals surface area contributed by atoms with Crippen molar-refractivity contribution in [1.29, 1.82) is 0 Å². The van der Waals surface area contributed by atoms with E-state index in [2.05, 4.69) is 10.1 Å². The number of benzene rings is 1. The number of carbonyl (C=O) groups is 3. The van der Waals surface area contributed by atoms with Crippen LogP contribution in [0.2, 0.25) is 0 Å². The van der Waals surface area contributed by atoms with E-state index in [4.69, 9.17) is 0 Å². The van der Waals surface area contributed by atoms with Crippen molar-refractivity contribution in [1.82, 2.24) is 5.32 Å². The first-order valence-corrected chi connectivity index (χ1v) is 5.46. The Kier molecular flexibility index (Phi) is 5.05. The lowest BCUT2D eigenvalue weighted by atomic mass is 10.1. The van der Waals surface area contributed by atoms with E-state index in [1.54, 1.807) is 24.3 Å². The van der Waals surface area contributed by atoms with Crippen molar-refractivity contribution in [2.24, 2.45) is 0 Å². The normalized spacial score (nSPS) is 9.67. The molecule has 0 aliphatic carbocycles. The highest BCUT2D eigenvalue weighted by Gasteiger charge is 2.07. The van der Waals surface area contributed by atoms with Gasteiger partial charge in [0.2, 0.25) is 5.91 Å². The van der Waals surface area contributed by atoms with Crippen molar-refractivity contribution in [3.8, 4) is 0 Å². The predicted octanol–water partition coefficient (Wildman–Crippen LogP) is 0.721. The number of ether oxygens (including phenoxy) is 1. The van der Waals surface area contributed by atoms with Crippen molar-refractivity contribution in [3.05, 3.63) is 35.4 Å². The first-order chi connectivity index (χ1) is 8.52. The summed E-state index contributed by atoms with van der Waals surface area (Å²) in [5, 5.41) is 2.44. The molecule has 0 aliphatic rings. The van der Waals surface area contributed by atoms with Crippen molar-refractivity contribution < 1.29 is 19.1 Å². The van der Waals surface area contributed by atoms with Gasteiger partial charge in [-0.2, -0.15) is 0 Å². The van der Waals surface area contributed by atoms with Crippen molar-refractivity contribution in [3.63, 3.8) is 0 Å². The number of carbonyl (C=O) groups excluding carboxylic acids is 3. The second kappa shape index (κ2) is 6.54. The Hall–Kier alpha value is -2.17. The zero-order valence-electron chi connectivity index (χ0n) is 10.4. The van der Waals surface area contributed by atoms with Gasteiger partial charge in [0, 0.05) is 13.3 Å². The highest BCUT2D eigenvalue weighted by molar-refractivity contribution is 5.90. The molecule has 0 aromatic heterocycles. The van der Waals surface area contributed by atoms with Crippen LogP contribution >= 0.6 is 0 Å². The molecule has 5 heteroatoms. The average molecular weight is 249 g/mol. The van der Waals surface area contributed by atoms with Crippen LogP contribution in [-0.4, -0.2) is 31.3 Å². The molecule has 1 rings (SSSR count). The van der Waals surface area contributed by atoms with Gasteiger partial charge < -0.3 is 10.1 Å². The lowest BCUT2D eigenvalue weighted by molar-refractivity contribution is -0.123. The van der Waals surface area contributed by atoms with Gasteiger partial charge in [-0.15, -0.1) is 0 Å². The predicted molar refractivity (Wildman–Crippen MR) is 65.2 cm³/mol. The molecule has 0 atom stereocenters. The maximum atomic E-state index is 11.5. The highest BCUT2D eigenvalue weighted by Crippen LogP contribution is 2.06. The Morgan fingerprint density at radius 2 is 1.78 bits per heavy atom. The molecule has 96 valence electrons. The fourth-order valence-corrected chi connectivity index (χ4v) is 1.39. The maximum Gasteiger partial charge on any atom is 0.337 e. The fourth-order valence-electron chi connectivity index (χ4n) is 1.39. The monoisotopic (exact) mass is 249 g/mol. The van der Waals surface area contributed by atoms with E-state index < -0.39 is 5.97 Å². The number of rotatable bonds is 5. The molecule has 0 unspecified atom stereocenters. The second-order valence-electron chi connectivity index (χ2n) is 3.81. The van der Waals surface area contributed by atoms with E-state index in [9.17, 15) is 14.4 Å². The van der Waals surface area contributed by atoms with Gasteiger partial charge in [0.15, 0.2) is 5.78 Å². The molecule has 1 aromatic carbocycles. The Labute approximate surface area is 105 Å². The van der Waals surface area contributed by atoms with E-state index in [1.165, 1.54) is 14.0 Å². The van der Waals surface area contributed by atoms with Gasteiger partial charge in [-0.3, -0.25) is 9.59 Å². The van der Waals surface area contributed by atoms with Crippen molar-refractivity contribution in [2.75, 3.05) is 13.7 Å². The van der Waals surface area contributed by atoms with E-state index >= 15 is 0 Å². The van der Waals surface area contributed by atoms with Gasteiger partial charge in [-0.05, 0) is 17.7 Å². The molecule has 5 nitrogen and oxygen atoms in total. The van der Waals surface area contributed by atoms with Crippen LogP contribution in [0.1, 0.15) is 22.8 Å². The topological polar surface area (TPSA) is 72.5 Å². The zero-order chi connectivity index (χ0) is 13.5. The summed E-state index contributed by atoms with van der Waals surface area (Å²) in [5.41, 5.74) is 1.23. The number of esters is 1. The molecule has 0 bridgehead atoms. The summed E-state index contributed by atoms with van der Waals surface area (Å²) in [6.07, 6.45) is 0.224. The SMILES string of the molecule is COC(=O)c1ccc(CC(=O)CNC(C)=O)cc1. The molecule has 1 aromatic rings. The van der Waals surface area contributed by atoms with Gasteiger partial charge in [-0.1, -0.05) is 12.1 Å². The zero-order valence-corrected chi connectivity index (χ0v) is 10.4. The minimum atomic E-state index is -0.411. The smallest absolute Gasteiger partial charge is 0.337 e. The van der Waals surface area contributed by atoms with Crippen LogP contribution in [0, 0.1) is 0 Å². The molecule has 1 amide bonds. The van der Waals surface area contributed by atoms with E-state index in [1.807, 2.05) is 0 Å². The molecular formula is C13H15NO4. The third-order valence-corrected chi connectivity index (χ3v) is 2.31. The molecule has 1 N–H and O–H groups in total. The first-order valence-electron chi connectivity index (χ1n) is 5.46. The van der Waals surface area contributed by atoms with Crippen LogP contribution in [0.5, 0.6) is 0 Å². The molecule has 0 spiro atoms. The van der Waals surface area contributed by atoms with Crippen LogP contribution in [0.3, 0.4) is 0 Å². The maximum absolute atomic E-state index is 11.5. The molecule has 0 fully saturated rings. The molecule has 0 heterocycles. The average Bonchev–Trinajstić information content (AvgIpc) is 2.36. The molecular weight excluding hydrogens is 234 g/mol. The van der Waals surface area contributed by atoms with Crippen LogP contribution in [0.4, 0.5) is 0 Å². The largest absolute Gasteiger partial charge is 0.465 e. The van der Waals surface area contributed by atoms with Gasteiger partial charge in [0.1, 0.15) is 0 Å². The number of Topliss-reactive ketones (excluding diaryl/α,β-unsaturated/α-hetero) is 1. The Balaban J connectivity index is 2.55. The number of hydrogen-bond acceptors (Lipinski definition) is 4. The molecule has 0 saturated heterocycles. The van der Waals surface area contributed by atoms with Crippen molar-refractivity contribution in [2.45, 2.75) is 13.3 Å². The Morgan fingerprint density at radius 1 is 1.17 bits per heavy atom. The summed E-state index contributed by atoms with van der Waals surface area (Å²) in [6.45, 7) is 1.38. The van der Waals surface area contributed by atoms with Gasteiger partial charge in [0.25, 0.3) is 0 Å². The summed E-state index contributed by atoms with van der Waals surface area (Å²) in [5.74, 6) is -0.730. The molecule has 18 heavy (non-hydrogen) atoms. The third kappa shape index (κ3) is 4.37. The standard InChI is InChI=1S/C13H15NO4/c1-9(15)14-8-12(16)7-10-3-5-11(6-4-10)13(17)18-2/h3-6H,7-8H2,1-2H3,(H,14,15). The lowest BCUT2D eigenvalue weighted by Crippen LogP contribution is -2.28. The van der Waals surface area contributed by atoms with Crippen LogP contribution in [0.15, 0.2) is 24.3 Å². The van der Waals surface area contributed by atoms with E-state index in [0.29, 0.717) is 5.56 Å². The summed E-state index contributed by atoms with van der Waals surface area (Å²) in [7, 11) is 1.31. The summed E-state index contributed by atoms with van der Waals surface area (Å²) >= 11 is 0. The molecule has 0 radical (unpaired) electrons. The summed E-state index contributed by atoms with van der Waals surface area (Å²) in [6, 6.07) is 6.59. The highest BCUT2D eigenvalue weighted by atomic mass is 16.5. The number of ketones is 1. The second-order valence-corrected chi connectivity index (χ2v) is 3.81.